The molecule has 3 aromatic carbocycles. The second kappa shape index (κ2) is 5.62. The van der Waals surface area contributed by atoms with E-state index in [9.17, 15) is 0 Å². The Morgan fingerprint density at radius 3 is 1.68 bits per heavy atom. The molecule has 3 unspecified atom stereocenters. The second-order valence-electron chi connectivity index (χ2n) is 5.86. The summed E-state index contributed by atoms with van der Waals surface area (Å²) in [6.07, 6.45) is 0. The fourth-order valence-electron chi connectivity index (χ4n) is 3.69. The molecule has 3 atom stereocenters. The maximum absolute atomic E-state index is 6.89. The van der Waals surface area contributed by atoms with Gasteiger partial charge in [-0.25, -0.2) is 0 Å². The van der Waals surface area contributed by atoms with Crippen LogP contribution >= 0.6 is 11.6 Å². The van der Waals surface area contributed by atoms with Crippen LogP contribution in [0.15, 0.2) is 84.9 Å². The van der Waals surface area contributed by atoms with Crippen molar-refractivity contribution in [1.29, 1.82) is 0 Å². The van der Waals surface area contributed by atoms with Gasteiger partial charge in [0.25, 0.3) is 0 Å². The lowest BCUT2D eigenvalue weighted by Crippen LogP contribution is -2.09. The summed E-state index contributed by atoms with van der Waals surface area (Å²) in [4.78, 5) is 0. The van der Waals surface area contributed by atoms with E-state index in [2.05, 4.69) is 84.9 Å². The zero-order chi connectivity index (χ0) is 14.9. The van der Waals surface area contributed by atoms with E-state index in [-0.39, 0.29) is 11.3 Å². The summed E-state index contributed by atoms with van der Waals surface area (Å²) in [5.41, 5.74) is 5.29. The van der Waals surface area contributed by atoms with Crippen molar-refractivity contribution >= 4 is 11.6 Å². The molecule has 108 valence electrons. The molecule has 22 heavy (non-hydrogen) atoms. The molecule has 0 radical (unpaired) electrons. The third-order valence-corrected chi connectivity index (χ3v) is 5.15. The Hall–Kier alpha value is -2.05. The Labute approximate surface area is 136 Å². The molecule has 0 fully saturated rings. The standard InChI is InChI=1S/C21H17Cl/c22-21-18-14-8-7-13-17(18)19(15-9-3-1-4-10-15)20(21)16-11-5-2-6-12-16/h1-14,19-21H. The average Bonchev–Trinajstić information content (AvgIpc) is 2.90. The second-order valence-corrected chi connectivity index (χ2v) is 6.33. The van der Waals surface area contributed by atoms with Crippen LogP contribution in [0, 0.1) is 0 Å². The first-order valence-corrected chi connectivity index (χ1v) is 8.12. The highest BCUT2D eigenvalue weighted by molar-refractivity contribution is 6.22. The molecule has 0 saturated heterocycles. The van der Waals surface area contributed by atoms with E-state index in [1.54, 1.807) is 0 Å². The highest BCUT2D eigenvalue weighted by Gasteiger charge is 2.40. The van der Waals surface area contributed by atoms with Crippen LogP contribution in [-0.4, -0.2) is 0 Å². The van der Waals surface area contributed by atoms with Crippen molar-refractivity contribution in [1.82, 2.24) is 0 Å². The number of fused-ring (bicyclic) bond motifs is 1. The Balaban J connectivity index is 1.90. The molecule has 1 aliphatic rings. The van der Waals surface area contributed by atoms with Crippen LogP contribution in [0.3, 0.4) is 0 Å². The van der Waals surface area contributed by atoms with E-state index in [4.69, 9.17) is 11.6 Å². The smallest absolute Gasteiger partial charge is 0.0665 e. The average molecular weight is 305 g/mol. The molecule has 0 saturated carbocycles. The van der Waals surface area contributed by atoms with Gasteiger partial charge in [0.15, 0.2) is 0 Å². The SMILES string of the molecule is ClC1c2ccccc2C(c2ccccc2)C1c1ccccc1. The summed E-state index contributed by atoms with van der Waals surface area (Å²) in [5, 5.41) is 0.0174. The molecule has 1 heteroatoms. The fourth-order valence-corrected chi connectivity index (χ4v) is 4.17. The third-order valence-electron chi connectivity index (χ3n) is 4.65. The Kier molecular flexibility index (Phi) is 3.48. The minimum absolute atomic E-state index is 0.0174. The molecule has 0 nitrogen and oxygen atoms in total. The van der Waals surface area contributed by atoms with Gasteiger partial charge in [0.2, 0.25) is 0 Å². The van der Waals surface area contributed by atoms with E-state index in [0.29, 0.717) is 5.92 Å². The Morgan fingerprint density at radius 2 is 1.05 bits per heavy atom. The van der Waals surface area contributed by atoms with E-state index >= 15 is 0 Å². The monoisotopic (exact) mass is 304 g/mol. The van der Waals surface area contributed by atoms with E-state index < -0.39 is 0 Å². The number of halogens is 1. The molecule has 3 aromatic rings. The van der Waals surface area contributed by atoms with Crippen molar-refractivity contribution in [2.45, 2.75) is 17.2 Å². The van der Waals surface area contributed by atoms with Crippen molar-refractivity contribution in [3.63, 3.8) is 0 Å². The highest BCUT2D eigenvalue weighted by Crippen LogP contribution is 2.56. The van der Waals surface area contributed by atoms with Crippen molar-refractivity contribution in [2.75, 3.05) is 0 Å². The number of benzene rings is 3. The van der Waals surface area contributed by atoms with Gasteiger partial charge >= 0.3 is 0 Å². The molecule has 0 amide bonds. The summed E-state index contributed by atoms with van der Waals surface area (Å²) in [6.45, 7) is 0. The first-order valence-electron chi connectivity index (χ1n) is 7.69. The van der Waals surface area contributed by atoms with Crippen LogP contribution in [0.5, 0.6) is 0 Å². The Morgan fingerprint density at radius 1 is 0.545 bits per heavy atom. The zero-order valence-electron chi connectivity index (χ0n) is 12.2. The van der Waals surface area contributed by atoms with Crippen LogP contribution in [0.4, 0.5) is 0 Å². The molecule has 0 bridgehead atoms. The van der Waals surface area contributed by atoms with Gasteiger partial charge in [0.1, 0.15) is 0 Å². The van der Waals surface area contributed by atoms with Crippen LogP contribution < -0.4 is 0 Å². The van der Waals surface area contributed by atoms with Crippen molar-refractivity contribution in [2.24, 2.45) is 0 Å². The summed E-state index contributed by atoms with van der Waals surface area (Å²) in [5.74, 6) is 0.602. The van der Waals surface area contributed by atoms with Gasteiger partial charge in [0.05, 0.1) is 5.38 Å². The number of rotatable bonds is 2. The summed E-state index contributed by atoms with van der Waals surface area (Å²) >= 11 is 6.89. The number of hydrogen-bond donors (Lipinski definition) is 0. The number of hydrogen-bond acceptors (Lipinski definition) is 0. The lowest BCUT2D eigenvalue weighted by atomic mass is 9.82. The van der Waals surface area contributed by atoms with Gasteiger partial charge < -0.3 is 0 Å². The molecule has 0 heterocycles. The molecule has 0 spiro atoms. The van der Waals surface area contributed by atoms with Crippen molar-refractivity contribution < 1.29 is 0 Å². The van der Waals surface area contributed by atoms with Crippen LogP contribution in [0.25, 0.3) is 0 Å². The largest absolute Gasteiger partial charge is 0.117 e. The molecular weight excluding hydrogens is 288 g/mol. The van der Waals surface area contributed by atoms with Crippen LogP contribution in [-0.2, 0) is 0 Å². The molecule has 1 aliphatic carbocycles. The first kappa shape index (κ1) is 13.6. The van der Waals surface area contributed by atoms with Gasteiger partial charge in [-0.05, 0) is 22.3 Å². The normalized spacial score (nSPS) is 23.2. The first-order chi connectivity index (χ1) is 10.9. The summed E-state index contributed by atoms with van der Waals surface area (Å²) in [6, 6.07) is 30.0. The maximum Gasteiger partial charge on any atom is 0.0665 e. The lowest BCUT2D eigenvalue weighted by Gasteiger charge is -2.23. The van der Waals surface area contributed by atoms with Crippen LogP contribution in [0.2, 0.25) is 0 Å². The predicted octanol–water partition coefficient (Wildman–Crippen LogP) is 5.90. The third kappa shape index (κ3) is 2.15. The summed E-state index contributed by atoms with van der Waals surface area (Å²) in [7, 11) is 0. The molecule has 0 aliphatic heterocycles. The van der Waals surface area contributed by atoms with E-state index in [1.807, 2.05) is 0 Å². The topological polar surface area (TPSA) is 0 Å². The Bertz CT molecular complexity index is 764. The molecule has 4 rings (SSSR count). The molecule has 0 aromatic heterocycles. The quantitative estimate of drug-likeness (QED) is 0.517. The number of alkyl halides is 1. The summed E-state index contributed by atoms with van der Waals surface area (Å²) < 4.78 is 0. The van der Waals surface area contributed by atoms with Crippen molar-refractivity contribution in [3.05, 3.63) is 107 Å². The van der Waals surface area contributed by atoms with E-state index in [1.165, 1.54) is 22.3 Å². The van der Waals surface area contributed by atoms with Crippen LogP contribution in [0.1, 0.15) is 39.5 Å². The van der Waals surface area contributed by atoms with Gasteiger partial charge in [-0.1, -0.05) is 84.9 Å². The molecular formula is C21H17Cl. The minimum atomic E-state index is 0.0174. The minimum Gasteiger partial charge on any atom is -0.117 e. The zero-order valence-corrected chi connectivity index (χ0v) is 12.9. The maximum atomic E-state index is 6.89. The van der Waals surface area contributed by atoms with E-state index in [0.717, 1.165) is 0 Å². The van der Waals surface area contributed by atoms with Gasteiger partial charge in [-0.3, -0.25) is 0 Å². The van der Waals surface area contributed by atoms with Gasteiger partial charge in [-0.15, -0.1) is 11.6 Å². The molecule has 0 N–H and O–H groups in total. The van der Waals surface area contributed by atoms with Gasteiger partial charge in [-0.2, -0.15) is 0 Å². The van der Waals surface area contributed by atoms with Crippen molar-refractivity contribution in [3.8, 4) is 0 Å². The fraction of sp³-hybridized carbons (Fsp3) is 0.143. The predicted molar refractivity (Wildman–Crippen MR) is 92.5 cm³/mol. The highest BCUT2D eigenvalue weighted by atomic mass is 35.5. The lowest BCUT2D eigenvalue weighted by molar-refractivity contribution is 0.641. The van der Waals surface area contributed by atoms with Gasteiger partial charge in [0, 0.05) is 11.8 Å².